The third-order valence-electron chi connectivity index (χ3n) is 6.31. The molecule has 1 aromatic carbocycles. The number of hydrogen-bond acceptors (Lipinski definition) is 5. The Morgan fingerprint density at radius 2 is 2.19 bits per heavy atom. The number of fused-ring (bicyclic) bond motifs is 2. The van der Waals surface area contributed by atoms with E-state index >= 15 is 0 Å². The molecular weight excluding hydrogens is 341 g/mol. The first-order valence-corrected chi connectivity index (χ1v) is 8.58. The van der Waals surface area contributed by atoms with Crippen LogP contribution >= 0.6 is 0 Å². The fourth-order valence-corrected chi connectivity index (χ4v) is 4.16. The molecule has 0 heterocycles. The van der Waals surface area contributed by atoms with E-state index in [0.29, 0.717) is 5.92 Å². The molecule has 3 rings (SSSR count). The van der Waals surface area contributed by atoms with Crippen LogP contribution in [0.1, 0.15) is 40.0 Å². The van der Waals surface area contributed by atoms with E-state index in [0.717, 1.165) is 36.8 Å². The van der Waals surface area contributed by atoms with Gasteiger partial charge >= 0.3 is 5.69 Å². The van der Waals surface area contributed by atoms with E-state index in [9.17, 15) is 19.3 Å². The summed E-state index contributed by atoms with van der Waals surface area (Å²) in [5.41, 5.74) is 3.16. The first-order chi connectivity index (χ1) is 12.1. The Hall–Kier alpha value is -2.51. The number of hydrogen-bond donors (Lipinski definition) is 1. The summed E-state index contributed by atoms with van der Waals surface area (Å²) in [4.78, 5) is 22.2. The summed E-state index contributed by atoms with van der Waals surface area (Å²) in [6.45, 7) is 6.17. The number of rotatable bonds is 5. The summed E-state index contributed by atoms with van der Waals surface area (Å²) in [5.74, 6) is -0.941. The van der Waals surface area contributed by atoms with Crippen LogP contribution in [0, 0.1) is 32.7 Å². The Kier molecular flexibility index (Phi) is 4.46. The predicted molar refractivity (Wildman–Crippen MR) is 93.4 cm³/mol. The second-order valence-electron chi connectivity index (χ2n) is 7.74. The summed E-state index contributed by atoms with van der Waals surface area (Å²) in [6, 6.07) is 2.85. The highest BCUT2D eigenvalue weighted by Gasteiger charge is 2.60. The first-order valence-electron chi connectivity index (χ1n) is 8.58. The minimum Gasteiger partial charge on any atom is -0.477 e. The molecule has 2 saturated carbocycles. The van der Waals surface area contributed by atoms with E-state index in [1.54, 1.807) is 0 Å². The summed E-state index contributed by atoms with van der Waals surface area (Å²) >= 11 is 0. The first kappa shape index (κ1) is 18.3. The Labute approximate surface area is 150 Å². The largest absolute Gasteiger partial charge is 0.477 e. The molecule has 0 aromatic heterocycles. The minimum atomic E-state index is -0.689. The van der Waals surface area contributed by atoms with Crippen molar-refractivity contribution in [3.63, 3.8) is 0 Å². The van der Waals surface area contributed by atoms with Crippen LogP contribution in [0.15, 0.2) is 23.3 Å². The number of ether oxygens (including phenoxy) is 1. The molecule has 0 aliphatic heterocycles. The predicted octanol–water partition coefficient (Wildman–Crippen LogP) is 3.43. The van der Waals surface area contributed by atoms with Gasteiger partial charge < -0.3 is 4.74 Å². The van der Waals surface area contributed by atoms with Gasteiger partial charge in [-0.15, -0.1) is 0 Å². The van der Waals surface area contributed by atoms with Crippen molar-refractivity contribution >= 4 is 17.3 Å². The lowest BCUT2D eigenvalue weighted by molar-refractivity contribution is -0.385. The highest BCUT2D eigenvalue weighted by atomic mass is 19.1. The fraction of sp³-hybridized carbons (Fsp3) is 0.556. The number of nitrogens with one attached hydrogen (secondary N) is 1. The van der Waals surface area contributed by atoms with E-state index in [4.69, 9.17) is 4.74 Å². The van der Waals surface area contributed by atoms with Crippen LogP contribution in [-0.4, -0.2) is 23.1 Å². The van der Waals surface area contributed by atoms with Crippen molar-refractivity contribution in [3.05, 3.63) is 34.1 Å². The normalized spacial score (nSPS) is 27.5. The van der Waals surface area contributed by atoms with Crippen LogP contribution < -0.4 is 10.2 Å². The standard InChI is InChI=1S/C18H22FN3O4/c1-17(2)11-6-7-18(17,3)15(8-11)20-21-16(23)10-26-14-9-12(19)4-5-13(14)22(24)25/h4-5,9,11H,6-8,10H2,1-3H3,(H,21,23). The van der Waals surface area contributed by atoms with Gasteiger partial charge in [-0.05, 0) is 36.7 Å². The molecule has 1 N–H and O–H groups in total. The number of carbonyl (C=O) groups is 1. The molecule has 2 bridgehead atoms. The Bertz CT molecular complexity index is 793. The molecule has 2 aliphatic rings. The van der Waals surface area contributed by atoms with Gasteiger partial charge in [-0.1, -0.05) is 20.8 Å². The van der Waals surface area contributed by atoms with Gasteiger partial charge in [-0.25, -0.2) is 9.82 Å². The summed E-state index contributed by atoms with van der Waals surface area (Å²) < 4.78 is 18.4. The number of halogens is 1. The fourth-order valence-electron chi connectivity index (χ4n) is 4.16. The molecule has 0 radical (unpaired) electrons. The highest BCUT2D eigenvalue weighted by Crippen LogP contribution is 2.63. The van der Waals surface area contributed by atoms with E-state index in [2.05, 4.69) is 31.3 Å². The third kappa shape index (κ3) is 2.93. The molecule has 0 saturated heterocycles. The maximum Gasteiger partial charge on any atom is 0.311 e. The average molecular weight is 363 g/mol. The summed E-state index contributed by atoms with van der Waals surface area (Å²) in [7, 11) is 0. The van der Waals surface area contributed by atoms with Gasteiger partial charge in [0.05, 0.1) is 4.92 Å². The zero-order chi connectivity index (χ0) is 19.1. The van der Waals surface area contributed by atoms with E-state index < -0.39 is 28.9 Å². The monoisotopic (exact) mass is 363 g/mol. The second kappa shape index (κ2) is 6.34. The third-order valence-corrected chi connectivity index (χ3v) is 6.31. The molecule has 2 atom stereocenters. The molecule has 7 nitrogen and oxygen atoms in total. The van der Waals surface area contributed by atoms with Crippen LogP contribution in [0.2, 0.25) is 0 Å². The number of nitrogens with zero attached hydrogens (tertiary/aromatic N) is 2. The Morgan fingerprint density at radius 1 is 1.46 bits per heavy atom. The van der Waals surface area contributed by atoms with Crippen molar-refractivity contribution in [1.29, 1.82) is 0 Å². The molecule has 2 unspecified atom stereocenters. The van der Waals surface area contributed by atoms with Crippen LogP contribution in [0.3, 0.4) is 0 Å². The van der Waals surface area contributed by atoms with Crippen LogP contribution in [0.5, 0.6) is 5.75 Å². The highest BCUT2D eigenvalue weighted by molar-refractivity contribution is 5.95. The van der Waals surface area contributed by atoms with Gasteiger partial charge in [0.25, 0.3) is 5.91 Å². The SMILES string of the molecule is CC12CCC(CC1=NNC(=O)COc1cc(F)ccc1[N+](=O)[O-])C2(C)C. The summed E-state index contributed by atoms with van der Waals surface area (Å²) in [6.07, 6.45) is 3.08. The smallest absolute Gasteiger partial charge is 0.311 e. The number of nitro groups is 1. The number of nitro benzene ring substituents is 1. The lowest BCUT2D eigenvalue weighted by Crippen LogP contribution is -2.35. The summed E-state index contributed by atoms with van der Waals surface area (Å²) in [5, 5.41) is 15.2. The van der Waals surface area contributed by atoms with Crippen LogP contribution in [0.25, 0.3) is 0 Å². The molecule has 140 valence electrons. The Morgan fingerprint density at radius 3 is 2.77 bits per heavy atom. The van der Waals surface area contributed by atoms with Crippen LogP contribution in [0.4, 0.5) is 10.1 Å². The van der Waals surface area contributed by atoms with Gasteiger partial charge in [0, 0.05) is 23.3 Å². The molecule has 2 fully saturated rings. The molecule has 8 heteroatoms. The molecular formula is C18H22FN3O4. The van der Waals surface area contributed by atoms with Crippen molar-refractivity contribution in [1.82, 2.24) is 5.43 Å². The van der Waals surface area contributed by atoms with Gasteiger partial charge in [0.1, 0.15) is 5.82 Å². The zero-order valence-electron chi connectivity index (χ0n) is 15.0. The van der Waals surface area contributed by atoms with E-state index in [1.165, 1.54) is 6.42 Å². The number of amides is 1. The van der Waals surface area contributed by atoms with Crippen molar-refractivity contribution in [2.75, 3.05) is 6.61 Å². The number of hydrazone groups is 1. The average Bonchev–Trinajstić information content (AvgIpc) is 2.91. The van der Waals surface area contributed by atoms with E-state index in [-0.39, 0.29) is 16.6 Å². The molecule has 1 aromatic rings. The van der Waals surface area contributed by atoms with Gasteiger partial charge in [0.15, 0.2) is 6.61 Å². The maximum absolute atomic E-state index is 13.3. The maximum atomic E-state index is 13.3. The van der Waals surface area contributed by atoms with Gasteiger partial charge in [0.2, 0.25) is 5.75 Å². The molecule has 0 spiro atoms. The van der Waals surface area contributed by atoms with Crippen molar-refractivity contribution in [2.24, 2.45) is 21.8 Å². The van der Waals surface area contributed by atoms with Crippen LogP contribution in [-0.2, 0) is 4.79 Å². The minimum absolute atomic E-state index is 0.0346. The zero-order valence-corrected chi connectivity index (χ0v) is 15.0. The van der Waals surface area contributed by atoms with Crippen molar-refractivity contribution in [3.8, 4) is 5.75 Å². The topological polar surface area (TPSA) is 93.8 Å². The molecule has 26 heavy (non-hydrogen) atoms. The quantitative estimate of drug-likeness (QED) is 0.640. The number of carbonyl (C=O) groups excluding carboxylic acids is 1. The van der Waals surface area contributed by atoms with Crippen molar-refractivity contribution < 1.29 is 18.8 Å². The lowest BCUT2D eigenvalue weighted by atomic mass is 9.70. The number of benzene rings is 1. The second-order valence-corrected chi connectivity index (χ2v) is 7.74. The Balaban J connectivity index is 1.63. The van der Waals surface area contributed by atoms with Crippen molar-refractivity contribution in [2.45, 2.75) is 40.0 Å². The molecule has 1 amide bonds. The molecule has 2 aliphatic carbocycles. The van der Waals surface area contributed by atoms with E-state index in [1.807, 2.05) is 0 Å². The van der Waals surface area contributed by atoms with Gasteiger partial charge in [-0.3, -0.25) is 14.9 Å². The lowest BCUT2D eigenvalue weighted by Gasteiger charge is -2.34. The van der Waals surface area contributed by atoms with Gasteiger partial charge in [-0.2, -0.15) is 5.10 Å².